The summed E-state index contributed by atoms with van der Waals surface area (Å²) < 4.78 is 27.1. The van der Waals surface area contributed by atoms with Crippen molar-refractivity contribution < 1.29 is 18.0 Å². The Balaban J connectivity index is 1.27. The van der Waals surface area contributed by atoms with Gasteiger partial charge in [0.2, 0.25) is 21.8 Å². The molecule has 9 heteroatoms. The summed E-state index contributed by atoms with van der Waals surface area (Å²) in [5.41, 5.74) is 7.96. The Bertz CT molecular complexity index is 1160. The van der Waals surface area contributed by atoms with Crippen LogP contribution in [0.15, 0.2) is 59.5 Å². The van der Waals surface area contributed by atoms with Crippen LogP contribution < -0.4 is 15.8 Å². The standard InChI is InChI=1S/C25H30N4O4S/c26-25(31)20-2-1-15-29(17-20)16-19-3-8-21(9-4-19)27-24(30)14-7-18-5-12-23(13-6-18)34(32,33)28-22-10-11-22/h3-9,12-14,20,22,28H,1-2,10-11,15-17H2,(H2,26,31)(H,27,30)/b14-7+. The molecule has 2 amide bonds. The molecule has 4 N–H and O–H groups in total. The number of anilines is 1. The van der Waals surface area contributed by atoms with E-state index in [1.165, 1.54) is 18.2 Å². The van der Waals surface area contributed by atoms with Crippen LogP contribution in [0.25, 0.3) is 6.08 Å². The molecule has 1 aliphatic heterocycles. The number of piperidine rings is 1. The molecular weight excluding hydrogens is 452 g/mol. The summed E-state index contributed by atoms with van der Waals surface area (Å²) in [5, 5.41) is 2.82. The zero-order valence-electron chi connectivity index (χ0n) is 18.9. The minimum absolute atomic E-state index is 0.0568. The van der Waals surface area contributed by atoms with Gasteiger partial charge in [0.05, 0.1) is 10.8 Å². The van der Waals surface area contributed by atoms with Gasteiger partial charge in [0.1, 0.15) is 0 Å². The maximum absolute atomic E-state index is 12.3. The summed E-state index contributed by atoms with van der Waals surface area (Å²) in [6.07, 6.45) is 6.63. The third-order valence-corrected chi connectivity index (χ3v) is 7.59. The van der Waals surface area contributed by atoms with Crippen LogP contribution >= 0.6 is 0 Å². The fourth-order valence-electron chi connectivity index (χ4n) is 3.99. The molecule has 1 heterocycles. The third-order valence-electron chi connectivity index (χ3n) is 6.05. The molecule has 2 aliphatic rings. The number of carbonyl (C=O) groups is 2. The molecule has 0 aromatic heterocycles. The van der Waals surface area contributed by atoms with Gasteiger partial charge in [-0.1, -0.05) is 24.3 Å². The monoisotopic (exact) mass is 482 g/mol. The van der Waals surface area contributed by atoms with Gasteiger partial charge in [-0.15, -0.1) is 0 Å². The Morgan fingerprint density at radius 3 is 2.38 bits per heavy atom. The first-order chi connectivity index (χ1) is 16.3. The van der Waals surface area contributed by atoms with Crippen LogP contribution in [-0.2, 0) is 26.2 Å². The van der Waals surface area contributed by atoms with E-state index in [2.05, 4.69) is 14.9 Å². The zero-order valence-corrected chi connectivity index (χ0v) is 19.8. The Morgan fingerprint density at radius 1 is 1.03 bits per heavy atom. The molecule has 180 valence electrons. The molecule has 34 heavy (non-hydrogen) atoms. The lowest BCUT2D eigenvalue weighted by molar-refractivity contribution is -0.123. The summed E-state index contributed by atoms with van der Waals surface area (Å²) in [6.45, 7) is 2.36. The van der Waals surface area contributed by atoms with Crippen LogP contribution in [-0.4, -0.2) is 44.3 Å². The summed E-state index contributed by atoms with van der Waals surface area (Å²) in [6, 6.07) is 14.1. The third kappa shape index (κ3) is 6.75. The molecule has 1 unspecified atom stereocenters. The molecular formula is C25H30N4O4S. The summed E-state index contributed by atoms with van der Waals surface area (Å²) in [7, 11) is -3.48. The van der Waals surface area contributed by atoms with E-state index in [1.807, 2.05) is 24.3 Å². The predicted octanol–water partition coefficient (Wildman–Crippen LogP) is 2.48. The first-order valence-electron chi connectivity index (χ1n) is 11.5. The zero-order chi connectivity index (χ0) is 24.1. The number of hydrogen-bond acceptors (Lipinski definition) is 5. The van der Waals surface area contributed by atoms with E-state index in [1.54, 1.807) is 18.2 Å². The van der Waals surface area contributed by atoms with Gasteiger partial charge in [0.25, 0.3) is 0 Å². The molecule has 4 rings (SSSR count). The molecule has 0 bridgehead atoms. The average Bonchev–Trinajstić information content (AvgIpc) is 3.63. The molecule has 2 fully saturated rings. The van der Waals surface area contributed by atoms with E-state index in [4.69, 9.17) is 5.73 Å². The van der Waals surface area contributed by atoms with Crippen molar-refractivity contribution in [2.24, 2.45) is 11.7 Å². The van der Waals surface area contributed by atoms with E-state index in [0.29, 0.717) is 12.2 Å². The molecule has 0 spiro atoms. The highest BCUT2D eigenvalue weighted by Gasteiger charge is 2.27. The maximum atomic E-state index is 12.3. The van der Waals surface area contributed by atoms with Crippen LogP contribution in [0.1, 0.15) is 36.8 Å². The molecule has 1 saturated heterocycles. The highest BCUT2D eigenvalue weighted by Crippen LogP contribution is 2.22. The minimum Gasteiger partial charge on any atom is -0.369 e. The SMILES string of the molecule is NC(=O)C1CCCN(Cc2ccc(NC(=O)/C=C/c3ccc(S(=O)(=O)NC4CC4)cc3)cc2)C1. The Labute approximate surface area is 200 Å². The highest BCUT2D eigenvalue weighted by molar-refractivity contribution is 7.89. The van der Waals surface area contributed by atoms with Gasteiger partial charge < -0.3 is 11.1 Å². The molecule has 1 saturated carbocycles. The van der Waals surface area contributed by atoms with Crippen LogP contribution in [0.5, 0.6) is 0 Å². The first-order valence-corrected chi connectivity index (χ1v) is 13.0. The second kappa shape index (κ2) is 10.5. The van der Waals surface area contributed by atoms with Crippen LogP contribution in [0.4, 0.5) is 5.69 Å². The summed E-state index contributed by atoms with van der Waals surface area (Å²) in [5.74, 6) is -0.596. The molecule has 1 aliphatic carbocycles. The van der Waals surface area contributed by atoms with E-state index in [-0.39, 0.29) is 28.7 Å². The number of nitrogens with two attached hydrogens (primary N) is 1. The lowest BCUT2D eigenvalue weighted by Crippen LogP contribution is -2.40. The van der Waals surface area contributed by atoms with Gasteiger partial charge in [-0.05, 0) is 73.7 Å². The molecule has 0 radical (unpaired) electrons. The van der Waals surface area contributed by atoms with Gasteiger partial charge in [0.15, 0.2) is 0 Å². The van der Waals surface area contributed by atoms with Crippen molar-refractivity contribution >= 4 is 33.6 Å². The largest absolute Gasteiger partial charge is 0.369 e. The highest BCUT2D eigenvalue weighted by atomic mass is 32.2. The van der Waals surface area contributed by atoms with Crippen molar-refractivity contribution in [1.29, 1.82) is 0 Å². The Hall–Kier alpha value is -3.01. The first kappa shape index (κ1) is 24.1. The fourth-order valence-corrected chi connectivity index (χ4v) is 5.29. The maximum Gasteiger partial charge on any atom is 0.248 e. The number of likely N-dealkylation sites (tertiary alicyclic amines) is 1. The van der Waals surface area contributed by atoms with Gasteiger partial charge in [0, 0.05) is 30.9 Å². The van der Waals surface area contributed by atoms with Crippen molar-refractivity contribution in [1.82, 2.24) is 9.62 Å². The lowest BCUT2D eigenvalue weighted by Gasteiger charge is -2.31. The number of nitrogens with one attached hydrogen (secondary N) is 2. The van der Waals surface area contributed by atoms with Crippen LogP contribution in [0, 0.1) is 5.92 Å². The molecule has 1 atom stereocenters. The van der Waals surface area contributed by atoms with E-state index in [0.717, 1.165) is 49.9 Å². The van der Waals surface area contributed by atoms with Gasteiger partial charge in [-0.25, -0.2) is 13.1 Å². The number of carbonyl (C=O) groups excluding carboxylic acids is 2. The second-order valence-corrected chi connectivity index (χ2v) is 10.7. The summed E-state index contributed by atoms with van der Waals surface area (Å²) >= 11 is 0. The van der Waals surface area contributed by atoms with Crippen LogP contribution in [0.2, 0.25) is 0 Å². The smallest absolute Gasteiger partial charge is 0.248 e. The fraction of sp³-hybridized carbons (Fsp3) is 0.360. The Morgan fingerprint density at radius 2 is 1.74 bits per heavy atom. The predicted molar refractivity (Wildman–Crippen MR) is 131 cm³/mol. The Kier molecular flexibility index (Phi) is 7.45. The van der Waals surface area contributed by atoms with E-state index >= 15 is 0 Å². The average molecular weight is 483 g/mol. The van der Waals surface area contributed by atoms with Gasteiger partial charge in [-0.2, -0.15) is 0 Å². The van der Waals surface area contributed by atoms with Gasteiger partial charge >= 0.3 is 0 Å². The molecule has 2 aromatic rings. The number of nitrogens with zero attached hydrogens (tertiary/aromatic N) is 1. The van der Waals surface area contributed by atoms with E-state index < -0.39 is 10.0 Å². The van der Waals surface area contributed by atoms with Crippen molar-refractivity contribution in [2.75, 3.05) is 18.4 Å². The number of rotatable bonds is 9. The van der Waals surface area contributed by atoms with Gasteiger partial charge in [-0.3, -0.25) is 14.5 Å². The number of benzene rings is 2. The second-order valence-electron chi connectivity index (χ2n) is 8.96. The number of sulfonamides is 1. The quantitative estimate of drug-likeness (QED) is 0.474. The van der Waals surface area contributed by atoms with Crippen molar-refractivity contribution in [2.45, 2.75) is 43.2 Å². The normalized spacial score (nSPS) is 19.2. The number of amides is 2. The molecule has 2 aromatic carbocycles. The molecule has 8 nitrogen and oxygen atoms in total. The van der Waals surface area contributed by atoms with Crippen molar-refractivity contribution in [3.05, 3.63) is 65.7 Å². The minimum atomic E-state index is -3.48. The van der Waals surface area contributed by atoms with E-state index in [9.17, 15) is 18.0 Å². The topological polar surface area (TPSA) is 122 Å². The lowest BCUT2D eigenvalue weighted by atomic mass is 9.97. The number of primary amides is 1. The van der Waals surface area contributed by atoms with Crippen LogP contribution in [0.3, 0.4) is 0 Å². The number of hydrogen-bond donors (Lipinski definition) is 3. The summed E-state index contributed by atoms with van der Waals surface area (Å²) in [4.78, 5) is 26.2. The van der Waals surface area contributed by atoms with Crippen molar-refractivity contribution in [3.8, 4) is 0 Å². The van der Waals surface area contributed by atoms with Crippen molar-refractivity contribution in [3.63, 3.8) is 0 Å².